The maximum Gasteiger partial charge on any atom is 0.135 e. The lowest BCUT2D eigenvalue weighted by molar-refractivity contribution is 0.669. The van der Waals surface area contributed by atoms with Crippen molar-refractivity contribution in [1.29, 1.82) is 0 Å². The Labute approximate surface area is 250 Å². The Kier molecular flexibility index (Phi) is 2.44. The number of benzene rings is 7. The highest BCUT2D eigenvalue weighted by molar-refractivity contribution is 6.23. The Morgan fingerprint density at radius 2 is 0.974 bits per heavy atom. The summed E-state index contributed by atoms with van der Waals surface area (Å²) in [5.74, 6) is 0. The molecule has 0 aliphatic heterocycles. The highest BCUT2D eigenvalue weighted by atomic mass is 16.3. The van der Waals surface area contributed by atoms with Crippen LogP contribution in [0.1, 0.15) is 23.3 Å². The van der Waals surface area contributed by atoms with E-state index >= 15 is 0 Å². The second-order valence-corrected chi connectivity index (χ2v) is 8.81. The number of para-hydroxylation sites is 1. The summed E-state index contributed by atoms with van der Waals surface area (Å²) in [7, 11) is 0. The molecule has 8 aromatic rings. The van der Waals surface area contributed by atoms with Crippen LogP contribution >= 0.6 is 0 Å². The molecule has 1 aromatic heterocycles. The summed E-state index contributed by atoms with van der Waals surface area (Å²) in [6.07, 6.45) is 0. The summed E-state index contributed by atoms with van der Waals surface area (Å²) in [5, 5.41) is -0.00316. The molecule has 0 radical (unpaired) electrons. The van der Waals surface area contributed by atoms with Crippen LogP contribution < -0.4 is 0 Å². The van der Waals surface area contributed by atoms with Gasteiger partial charge in [-0.2, -0.15) is 0 Å². The summed E-state index contributed by atoms with van der Waals surface area (Å²) in [6.45, 7) is 0. The molecular weight excluding hydrogens is 472 g/mol. The zero-order valence-electron chi connectivity index (χ0n) is 36.9. The van der Waals surface area contributed by atoms with Crippen LogP contribution in [0.15, 0.2) is 150 Å². The van der Waals surface area contributed by atoms with Crippen LogP contribution in [0.5, 0.6) is 0 Å². The highest BCUT2D eigenvalue weighted by Gasteiger charge is 2.19. The van der Waals surface area contributed by atoms with E-state index in [0.29, 0.717) is 21.9 Å². The van der Waals surface area contributed by atoms with Gasteiger partial charge in [0.25, 0.3) is 0 Å². The summed E-state index contributed by atoms with van der Waals surface area (Å²) in [5.41, 5.74) is -1.10. The molecule has 0 bridgehead atoms. The van der Waals surface area contributed by atoms with Crippen molar-refractivity contribution in [2.75, 3.05) is 0 Å². The van der Waals surface area contributed by atoms with Crippen molar-refractivity contribution >= 4 is 43.5 Å². The Hall–Kier alpha value is -5.14. The van der Waals surface area contributed by atoms with E-state index in [1.54, 1.807) is 36.4 Å². The van der Waals surface area contributed by atoms with Crippen molar-refractivity contribution in [1.82, 2.24) is 0 Å². The third-order valence-corrected chi connectivity index (χ3v) is 6.73. The van der Waals surface area contributed by atoms with E-state index in [1.165, 1.54) is 0 Å². The lowest BCUT2D eigenvalue weighted by Crippen LogP contribution is -1.92. The molecule has 0 N–H and O–H groups in total. The predicted octanol–water partition coefficient (Wildman–Crippen LogP) is 10.9. The minimum absolute atomic E-state index is 0.0323. The van der Waals surface area contributed by atoms with E-state index in [4.69, 9.17) is 20.9 Å². The molecule has 182 valence electrons. The maximum atomic E-state index is 9.31. The zero-order valence-corrected chi connectivity index (χ0v) is 19.9. The fourth-order valence-electron chi connectivity index (χ4n) is 5.11. The second kappa shape index (κ2) is 8.72. The standard InChI is InChI=1S/C38H24O/c1-2-12-25(13-3-1)27-14-4-5-16-29(27)38-32-19-8-6-17-30(32)37(31-18-7-9-20-33(31)38)26-22-23-36-34(24-26)28-15-10-11-21-35(28)39-36/h1-24H/i1D,2D,3D,4D,5D,6D,7D,8D,9D,12D,13D,14D,16D,17D,18D,19D,20D. The number of rotatable bonds is 3. The largest absolute Gasteiger partial charge is 0.456 e. The molecule has 1 heterocycles. The lowest BCUT2D eigenvalue weighted by Gasteiger charge is -2.19. The van der Waals surface area contributed by atoms with Crippen molar-refractivity contribution in [3.63, 3.8) is 0 Å². The monoisotopic (exact) mass is 513 g/mol. The van der Waals surface area contributed by atoms with Gasteiger partial charge in [0.2, 0.25) is 0 Å². The Bertz CT molecular complexity index is 3000. The van der Waals surface area contributed by atoms with Gasteiger partial charge in [0.05, 0.1) is 23.3 Å². The van der Waals surface area contributed by atoms with Crippen LogP contribution in [-0.4, -0.2) is 0 Å². The van der Waals surface area contributed by atoms with Crippen LogP contribution in [0.25, 0.3) is 76.9 Å². The first-order chi connectivity index (χ1) is 26.4. The third-order valence-electron chi connectivity index (χ3n) is 6.73. The van der Waals surface area contributed by atoms with E-state index < -0.39 is 125 Å². The van der Waals surface area contributed by atoms with Gasteiger partial charge >= 0.3 is 0 Å². The van der Waals surface area contributed by atoms with Crippen molar-refractivity contribution in [3.05, 3.63) is 145 Å². The third kappa shape index (κ3) is 3.41. The minimum Gasteiger partial charge on any atom is -0.456 e. The molecular formula is C38H24O. The molecule has 0 unspecified atom stereocenters. The molecule has 8 rings (SSSR count). The van der Waals surface area contributed by atoms with Gasteiger partial charge in [-0.1, -0.05) is 127 Å². The minimum atomic E-state index is -0.858. The molecule has 0 aliphatic rings. The van der Waals surface area contributed by atoms with E-state index in [-0.39, 0.29) is 32.7 Å². The van der Waals surface area contributed by atoms with Gasteiger partial charge < -0.3 is 4.42 Å². The van der Waals surface area contributed by atoms with Gasteiger partial charge in [0.1, 0.15) is 11.2 Å². The fraction of sp³-hybridized carbons (Fsp3) is 0. The summed E-state index contributed by atoms with van der Waals surface area (Å²) < 4.78 is 156. The molecule has 0 saturated carbocycles. The van der Waals surface area contributed by atoms with Crippen LogP contribution in [0, 0.1) is 0 Å². The van der Waals surface area contributed by atoms with Gasteiger partial charge in [-0.25, -0.2) is 0 Å². The van der Waals surface area contributed by atoms with Crippen LogP contribution in [-0.2, 0) is 0 Å². The topological polar surface area (TPSA) is 13.1 Å². The second-order valence-electron chi connectivity index (χ2n) is 8.81. The molecule has 0 saturated heterocycles. The van der Waals surface area contributed by atoms with Gasteiger partial charge in [0, 0.05) is 10.8 Å². The van der Waals surface area contributed by atoms with E-state index in [1.807, 2.05) is 6.07 Å². The first-order valence-corrected chi connectivity index (χ1v) is 12.0. The Morgan fingerprint density at radius 1 is 0.410 bits per heavy atom. The molecule has 7 aromatic carbocycles. The molecule has 0 atom stereocenters. The van der Waals surface area contributed by atoms with Crippen molar-refractivity contribution < 1.29 is 27.7 Å². The van der Waals surface area contributed by atoms with Crippen molar-refractivity contribution in [2.45, 2.75) is 0 Å². The Morgan fingerprint density at radius 3 is 1.69 bits per heavy atom. The molecule has 0 amide bonds. The van der Waals surface area contributed by atoms with Gasteiger partial charge in [0.15, 0.2) is 0 Å². The first kappa shape index (κ1) is 10.9. The number of furan rings is 1. The molecule has 0 fully saturated rings. The summed E-state index contributed by atoms with van der Waals surface area (Å²) >= 11 is 0. The van der Waals surface area contributed by atoms with Crippen LogP contribution in [0.4, 0.5) is 0 Å². The van der Waals surface area contributed by atoms with Gasteiger partial charge in [-0.05, 0) is 73.1 Å². The van der Waals surface area contributed by atoms with Crippen LogP contribution in [0.3, 0.4) is 0 Å². The normalized spacial score (nSPS) is 17.7. The molecule has 1 nitrogen and oxygen atoms in total. The SMILES string of the molecule is [2H]c1c([2H])c([2H])c(-c2c([2H])c([2H])c([2H])c([2H])c2-c2c3c([2H])c([2H])c([2H])c([2H])c3c(-c3ccc4oc5ccccc5c4c3)c3c([2H])c([2H])c([2H])c([2H])c23)c([2H])c1[2H]. The lowest BCUT2D eigenvalue weighted by atomic mass is 9.83. The van der Waals surface area contributed by atoms with Gasteiger partial charge in [-0.3, -0.25) is 0 Å². The summed E-state index contributed by atoms with van der Waals surface area (Å²) in [6, 6.07) is -1.14. The molecule has 0 aliphatic carbocycles. The smallest absolute Gasteiger partial charge is 0.135 e. The van der Waals surface area contributed by atoms with Gasteiger partial charge in [-0.15, -0.1) is 0 Å². The fourth-order valence-corrected chi connectivity index (χ4v) is 5.11. The average Bonchev–Trinajstić information content (AvgIpc) is 3.57. The van der Waals surface area contributed by atoms with E-state index in [0.717, 1.165) is 0 Å². The van der Waals surface area contributed by atoms with Crippen LogP contribution in [0.2, 0.25) is 0 Å². The van der Waals surface area contributed by atoms with E-state index in [9.17, 15) is 6.85 Å². The molecule has 0 spiro atoms. The Balaban J connectivity index is 1.73. The van der Waals surface area contributed by atoms with Crippen molar-refractivity contribution in [2.24, 2.45) is 0 Å². The van der Waals surface area contributed by atoms with E-state index in [2.05, 4.69) is 0 Å². The number of hydrogen-bond acceptors (Lipinski definition) is 1. The first-order valence-electron chi connectivity index (χ1n) is 20.5. The maximum absolute atomic E-state index is 9.31. The quantitative estimate of drug-likeness (QED) is 0.214. The summed E-state index contributed by atoms with van der Waals surface area (Å²) in [4.78, 5) is 0. The highest BCUT2D eigenvalue weighted by Crippen LogP contribution is 2.46. The zero-order chi connectivity index (χ0) is 40.6. The number of fused-ring (bicyclic) bond motifs is 5. The molecule has 39 heavy (non-hydrogen) atoms. The number of hydrogen-bond donors (Lipinski definition) is 0. The molecule has 1 heteroatoms. The average molecular weight is 514 g/mol. The predicted molar refractivity (Wildman–Crippen MR) is 165 cm³/mol. The van der Waals surface area contributed by atoms with Crippen molar-refractivity contribution in [3.8, 4) is 33.4 Å².